The molecule has 39 heavy (non-hydrogen) atoms. The molecule has 3 aromatic rings. The highest BCUT2D eigenvalue weighted by molar-refractivity contribution is 5.90. The number of benzene rings is 2. The molecule has 0 bridgehead atoms. The Hall–Kier alpha value is -4.48. The van der Waals surface area contributed by atoms with E-state index < -0.39 is 18.0 Å². The molecule has 1 N–H and O–H groups in total. The third-order valence-electron chi connectivity index (χ3n) is 6.74. The Morgan fingerprint density at radius 3 is 2.77 bits per heavy atom. The number of halogens is 1. The van der Waals surface area contributed by atoms with Crippen LogP contribution in [0.25, 0.3) is 0 Å². The second-order valence-electron chi connectivity index (χ2n) is 9.52. The number of amides is 2. The van der Waals surface area contributed by atoms with E-state index in [2.05, 4.69) is 20.8 Å². The molecule has 204 valence electrons. The van der Waals surface area contributed by atoms with Crippen LogP contribution in [0.5, 0.6) is 0 Å². The number of rotatable bonds is 9. The molecule has 2 aromatic carbocycles. The van der Waals surface area contributed by atoms with Gasteiger partial charge in [-0.25, -0.2) is 13.9 Å². The lowest BCUT2D eigenvalue weighted by molar-refractivity contribution is -0.119. The quantitative estimate of drug-likeness (QED) is 0.330. The average Bonchev–Trinajstić information content (AvgIpc) is 3.57. The molecule has 11 nitrogen and oxygen atoms in total. The molecule has 12 heteroatoms. The molecule has 0 saturated carbocycles. The highest BCUT2D eigenvalue weighted by atomic mass is 19.1. The molecular formula is C27H30FN7O4. The minimum atomic E-state index is -0.557. The lowest BCUT2D eigenvalue weighted by Gasteiger charge is -2.33. The van der Waals surface area contributed by atoms with Crippen molar-refractivity contribution in [3.8, 4) is 0 Å². The third kappa shape index (κ3) is 6.51. The monoisotopic (exact) mass is 535 g/mol. The van der Waals surface area contributed by atoms with Gasteiger partial charge < -0.3 is 19.8 Å². The van der Waals surface area contributed by atoms with Crippen molar-refractivity contribution in [2.75, 3.05) is 36.0 Å². The Morgan fingerprint density at radius 1 is 1.23 bits per heavy atom. The van der Waals surface area contributed by atoms with Crippen molar-refractivity contribution in [2.45, 2.75) is 38.5 Å². The molecule has 1 atom stereocenters. The summed E-state index contributed by atoms with van der Waals surface area (Å²) in [5.41, 5.74) is 2.54. The van der Waals surface area contributed by atoms with Gasteiger partial charge in [-0.2, -0.15) is 0 Å². The Balaban J connectivity index is 1.12. The number of nitrogens with one attached hydrogen (secondary N) is 1. The molecule has 2 aliphatic heterocycles. The van der Waals surface area contributed by atoms with Gasteiger partial charge in [-0.1, -0.05) is 40.7 Å². The first-order valence-electron chi connectivity index (χ1n) is 12.8. The fourth-order valence-corrected chi connectivity index (χ4v) is 4.69. The van der Waals surface area contributed by atoms with Gasteiger partial charge in [0.25, 0.3) is 0 Å². The van der Waals surface area contributed by atoms with Crippen LogP contribution in [0.15, 0.2) is 59.9 Å². The summed E-state index contributed by atoms with van der Waals surface area (Å²) >= 11 is 0. The Labute approximate surface area is 225 Å². The molecule has 0 aliphatic carbocycles. The maximum absolute atomic E-state index is 15.1. The van der Waals surface area contributed by atoms with E-state index in [1.165, 1.54) is 24.1 Å². The van der Waals surface area contributed by atoms with Crippen LogP contribution in [0.1, 0.15) is 37.1 Å². The number of oxime groups is 1. The zero-order chi connectivity index (χ0) is 27.2. The van der Waals surface area contributed by atoms with Gasteiger partial charge in [0.05, 0.1) is 42.9 Å². The number of hydrogen-bond donors (Lipinski definition) is 1. The highest BCUT2D eigenvalue weighted by Crippen LogP contribution is 2.31. The zero-order valence-corrected chi connectivity index (χ0v) is 21.6. The molecule has 0 radical (unpaired) electrons. The molecular weight excluding hydrogens is 505 g/mol. The van der Waals surface area contributed by atoms with Crippen LogP contribution in [-0.2, 0) is 21.0 Å². The fraction of sp³-hybridized carbons (Fsp3) is 0.370. The molecule has 1 aromatic heterocycles. The first-order valence-corrected chi connectivity index (χ1v) is 12.8. The zero-order valence-electron chi connectivity index (χ0n) is 21.6. The van der Waals surface area contributed by atoms with Crippen molar-refractivity contribution in [2.24, 2.45) is 5.16 Å². The predicted molar refractivity (Wildman–Crippen MR) is 142 cm³/mol. The molecule has 2 aliphatic rings. The van der Waals surface area contributed by atoms with E-state index in [-0.39, 0.29) is 25.0 Å². The molecule has 3 heterocycles. The fourth-order valence-electron chi connectivity index (χ4n) is 4.69. The van der Waals surface area contributed by atoms with E-state index >= 15 is 4.39 Å². The summed E-state index contributed by atoms with van der Waals surface area (Å²) in [6, 6.07) is 14.7. The van der Waals surface area contributed by atoms with E-state index in [0.717, 1.165) is 18.4 Å². The second kappa shape index (κ2) is 11.9. The van der Waals surface area contributed by atoms with Crippen LogP contribution in [0.2, 0.25) is 0 Å². The van der Waals surface area contributed by atoms with E-state index in [4.69, 9.17) is 9.57 Å². The number of cyclic esters (lactones) is 1. The maximum Gasteiger partial charge on any atom is 0.414 e. The Bertz CT molecular complexity index is 1320. The minimum absolute atomic E-state index is 0.142. The topological polar surface area (TPSA) is 114 Å². The maximum atomic E-state index is 15.1. The molecule has 0 spiro atoms. The van der Waals surface area contributed by atoms with Crippen molar-refractivity contribution < 1.29 is 23.6 Å². The molecule has 2 saturated heterocycles. The smallest absolute Gasteiger partial charge is 0.414 e. The van der Waals surface area contributed by atoms with Crippen molar-refractivity contribution in [3.63, 3.8) is 0 Å². The number of anilines is 2. The van der Waals surface area contributed by atoms with Crippen molar-refractivity contribution in [1.29, 1.82) is 0 Å². The summed E-state index contributed by atoms with van der Waals surface area (Å²) in [6.07, 6.45) is 3.88. The van der Waals surface area contributed by atoms with Gasteiger partial charge in [-0.15, -0.1) is 5.10 Å². The molecule has 5 rings (SSSR count). The normalized spacial score (nSPS) is 18.0. The van der Waals surface area contributed by atoms with E-state index in [1.807, 2.05) is 46.1 Å². The largest absolute Gasteiger partial charge is 0.442 e. The van der Waals surface area contributed by atoms with Crippen LogP contribution in [-0.4, -0.2) is 65.5 Å². The number of piperidine rings is 1. The predicted octanol–water partition coefficient (Wildman–Crippen LogP) is 3.27. The summed E-state index contributed by atoms with van der Waals surface area (Å²) < 4.78 is 22.2. The van der Waals surface area contributed by atoms with Crippen molar-refractivity contribution in [3.05, 3.63) is 71.8 Å². The van der Waals surface area contributed by atoms with Gasteiger partial charge in [0.15, 0.2) is 0 Å². The average molecular weight is 536 g/mol. The van der Waals surface area contributed by atoms with Gasteiger partial charge in [0.2, 0.25) is 5.91 Å². The minimum Gasteiger partial charge on any atom is -0.442 e. The first-order chi connectivity index (χ1) is 19.0. The first kappa shape index (κ1) is 26.1. The second-order valence-corrected chi connectivity index (χ2v) is 9.52. The van der Waals surface area contributed by atoms with Crippen molar-refractivity contribution in [1.82, 2.24) is 20.3 Å². The lowest BCUT2D eigenvalue weighted by atomic mass is 10.0. The number of hydrogen-bond acceptors (Lipinski definition) is 8. The van der Waals surface area contributed by atoms with Crippen molar-refractivity contribution >= 4 is 29.6 Å². The van der Waals surface area contributed by atoms with Crippen LogP contribution >= 0.6 is 0 Å². The summed E-state index contributed by atoms with van der Waals surface area (Å²) in [4.78, 5) is 32.1. The van der Waals surface area contributed by atoms with Crippen LogP contribution < -0.4 is 15.1 Å². The Kier molecular flexibility index (Phi) is 7.99. The third-order valence-corrected chi connectivity index (χ3v) is 6.74. The van der Waals surface area contributed by atoms with Crippen LogP contribution in [0.4, 0.5) is 20.6 Å². The van der Waals surface area contributed by atoms with E-state index in [0.29, 0.717) is 36.8 Å². The Morgan fingerprint density at radius 2 is 2.03 bits per heavy atom. The lowest BCUT2D eigenvalue weighted by Crippen LogP contribution is -2.35. The summed E-state index contributed by atoms with van der Waals surface area (Å²) in [7, 11) is 0. The molecule has 0 unspecified atom stereocenters. The van der Waals surface area contributed by atoms with Gasteiger partial charge in [-0.05, 0) is 36.6 Å². The van der Waals surface area contributed by atoms with Crippen LogP contribution in [0, 0.1) is 5.82 Å². The van der Waals surface area contributed by atoms with Gasteiger partial charge in [-0.3, -0.25) is 9.69 Å². The van der Waals surface area contributed by atoms with E-state index in [9.17, 15) is 9.59 Å². The SMILES string of the molecule is CC(=O)NC[C@H]1CN(c2ccc(N3CCC(n4cc(/C=N/OCc5ccccc5)nn4)CC3)c(F)c2)C(=O)O1. The summed E-state index contributed by atoms with van der Waals surface area (Å²) in [5, 5.41) is 15.0. The number of aromatic nitrogens is 3. The van der Waals surface area contributed by atoms with Gasteiger partial charge >= 0.3 is 6.09 Å². The highest BCUT2D eigenvalue weighted by Gasteiger charge is 2.33. The van der Waals surface area contributed by atoms with Gasteiger partial charge in [0, 0.05) is 20.0 Å². The van der Waals surface area contributed by atoms with E-state index in [1.54, 1.807) is 12.1 Å². The standard InChI is InChI=1S/C27H30FN7O4/c1-19(36)29-15-24-17-34(27(37)39-24)23-7-8-26(25(28)13-23)33-11-9-22(10-12-33)35-16-21(31-32-35)14-30-38-18-20-5-3-2-4-6-20/h2-8,13-14,16,22,24H,9-12,15,17-18H2,1H3,(H,29,36)/b30-14+/t24-/m0/s1. The van der Waals surface area contributed by atoms with Gasteiger partial charge in [0.1, 0.15) is 24.2 Å². The number of carbonyl (C=O) groups is 2. The number of ether oxygens (including phenoxy) is 1. The van der Waals surface area contributed by atoms with Crippen LogP contribution in [0.3, 0.4) is 0 Å². The molecule has 2 amide bonds. The summed E-state index contributed by atoms with van der Waals surface area (Å²) in [5.74, 6) is -0.607. The number of carbonyl (C=O) groups excluding carboxylic acids is 2. The number of nitrogens with zero attached hydrogens (tertiary/aromatic N) is 6. The molecule has 2 fully saturated rings. The summed E-state index contributed by atoms with van der Waals surface area (Å²) in [6.45, 7) is 3.53.